The van der Waals surface area contributed by atoms with Crippen LogP contribution in [-0.4, -0.2) is 38.7 Å². The van der Waals surface area contributed by atoms with Gasteiger partial charge in [-0.1, -0.05) is 18.2 Å². The predicted octanol–water partition coefficient (Wildman–Crippen LogP) is 1.14. The van der Waals surface area contributed by atoms with Gasteiger partial charge in [0.05, 0.1) is 23.9 Å². The van der Waals surface area contributed by atoms with Gasteiger partial charge < -0.3 is 15.6 Å². The number of imidazole rings is 1. The molecule has 2 aromatic heterocycles. The Morgan fingerprint density at radius 3 is 3.08 bits per heavy atom. The molecule has 0 unspecified atom stereocenters. The molecular weight excluding hydrogens is 316 g/mol. The van der Waals surface area contributed by atoms with Gasteiger partial charge in [0.25, 0.3) is 0 Å². The molecule has 3 aromatic rings. The van der Waals surface area contributed by atoms with Crippen molar-refractivity contribution in [3.8, 4) is 5.69 Å². The van der Waals surface area contributed by atoms with E-state index in [1.54, 1.807) is 6.33 Å². The molecule has 0 radical (unpaired) electrons. The minimum atomic E-state index is -0.373. The zero-order valence-corrected chi connectivity index (χ0v) is 13.8. The third-order valence-corrected chi connectivity index (χ3v) is 4.38. The molecule has 1 aromatic carbocycles. The van der Waals surface area contributed by atoms with E-state index < -0.39 is 0 Å². The minimum absolute atomic E-state index is 0.0384. The Kier molecular flexibility index (Phi) is 4.30. The van der Waals surface area contributed by atoms with Gasteiger partial charge in [0.15, 0.2) is 0 Å². The molecule has 0 saturated heterocycles. The molecule has 0 bridgehead atoms. The first-order valence-electron chi connectivity index (χ1n) is 8.43. The summed E-state index contributed by atoms with van der Waals surface area (Å²) >= 11 is 0. The smallest absolute Gasteiger partial charge is 0.243 e. The molecule has 7 nitrogen and oxygen atoms in total. The number of nitrogens with one attached hydrogen (secondary N) is 3. The second kappa shape index (κ2) is 6.90. The quantitative estimate of drug-likeness (QED) is 0.652. The van der Waals surface area contributed by atoms with Crippen LogP contribution in [0.3, 0.4) is 0 Å². The number of aromatic amines is 1. The van der Waals surface area contributed by atoms with Crippen molar-refractivity contribution in [2.24, 2.45) is 0 Å². The first kappa shape index (κ1) is 15.6. The lowest BCUT2D eigenvalue weighted by Crippen LogP contribution is -2.42. The highest BCUT2D eigenvalue weighted by molar-refractivity contribution is 5.83. The van der Waals surface area contributed by atoms with Crippen molar-refractivity contribution >= 4 is 5.91 Å². The van der Waals surface area contributed by atoms with E-state index in [-0.39, 0.29) is 11.9 Å². The van der Waals surface area contributed by atoms with Crippen LogP contribution >= 0.6 is 0 Å². The van der Waals surface area contributed by atoms with E-state index in [0.717, 1.165) is 42.0 Å². The predicted molar refractivity (Wildman–Crippen MR) is 93.3 cm³/mol. The Bertz CT molecular complexity index is 853. The van der Waals surface area contributed by atoms with Gasteiger partial charge in [0, 0.05) is 31.4 Å². The van der Waals surface area contributed by atoms with Crippen LogP contribution in [0.4, 0.5) is 0 Å². The molecule has 0 saturated carbocycles. The molecule has 0 spiro atoms. The highest BCUT2D eigenvalue weighted by atomic mass is 16.2. The van der Waals surface area contributed by atoms with Gasteiger partial charge in [-0.25, -0.2) is 9.67 Å². The van der Waals surface area contributed by atoms with Gasteiger partial charge in [0.1, 0.15) is 6.04 Å². The normalized spacial score (nSPS) is 16.4. The summed E-state index contributed by atoms with van der Waals surface area (Å²) in [6.45, 7) is 1.34. The van der Waals surface area contributed by atoms with Crippen LogP contribution in [0.5, 0.6) is 0 Å². The maximum atomic E-state index is 12.4. The molecule has 7 heteroatoms. The second-order valence-corrected chi connectivity index (χ2v) is 6.07. The molecule has 0 fully saturated rings. The lowest BCUT2D eigenvalue weighted by Gasteiger charge is -2.22. The topological polar surface area (TPSA) is 87.6 Å². The SMILES string of the molecule is O=C(NCCc1cnn(-c2ccccc2)c1)[C@@H]1NCCc2[nH]cnc21. The Balaban J connectivity index is 1.33. The van der Waals surface area contributed by atoms with Crippen molar-refractivity contribution < 1.29 is 4.79 Å². The van der Waals surface area contributed by atoms with E-state index in [9.17, 15) is 4.79 Å². The number of fused-ring (bicyclic) bond motifs is 1. The number of carbonyl (C=O) groups excluding carboxylic acids is 1. The van der Waals surface area contributed by atoms with Crippen LogP contribution in [0.1, 0.15) is 23.0 Å². The molecule has 1 aliphatic heterocycles. The zero-order chi connectivity index (χ0) is 17.1. The summed E-state index contributed by atoms with van der Waals surface area (Å²) in [5.41, 5.74) is 3.96. The first-order chi connectivity index (χ1) is 12.3. The molecule has 0 aliphatic carbocycles. The molecular formula is C18H20N6O. The average Bonchev–Trinajstić information content (AvgIpc) is 3.31. The molecule has 1 atom stereocenters. The van der Waals surface area contributed by atoms with Gasteiger partial charge in [-0.15, -0.1) is 0 Å². The largest absolute Gasteiger partial charge is 0.354 e. The van der Waals surface area contributed by atoms with E-state index in [1.807, 2.05) is 47.4 Å². The number of carbonyl (C=O) groups is 1. The molecule has 1 amide bonds. The highest BCUT2D eigenvalue weighted by Gasteiger charge is 2.27. The number of hydrogen-bond donors (Lipinski definition) is 3. The van der Waals surface area contributed by atoms with Crippen molar-refractivity contribution in [3.63, 3.8) is 0 Å². The van der Waals surface area contributed by atoms with Crippen LogP contribution in [0.2, 0.25) is 0 Å². The summed E-state index contributed by atoms with van der Waals surface area (Å²) in [6.07, 6.45) is 7.09. The summed E-state index contributed by atoms with van der Waals surface area (Å²) < 4.78 is 1.84. The number of H-pyrrole nitrogens is 1. The highest BCUT2D eigenvalue weighted by Crippen LogP contribution is 2.19. The summed E-state index contributed by atoms with van der Waals surface area (Å²) in [5, 5.41) is 10.6. The lowest BCUT2D eigenvalue weighted by molar-refractivity contribution is -0.123. The zero-order valence-electron chi connectivity index (χ0n) is 13.8. The van der Waals surface area contributed by atoms with E-state index in [4.69, 9.17) is 0 Å². The van der Waals surface area contributed by atoms with Crippen molar-refractivity contribution in [1.82, 2.24) is 30.4 Å². The van der Waals surface area contributed by atoms with Crippen molar-refractivity contribution in [1.29, 1.82) is 0 Å². The van der Waals surface area contributed by atoms with Gasteiger partial charge in [-0.05, 0) is 24.1 Å². The van der Waals surface area contributed by atoms with Gasteiger partial charge in [-0.2, -0.15) is 5.10 Å². The van der Waals surface area contributed by atoms with E-state index >= 15 is 0 Å². The average molecular weight is 336 g/mol. The number of rotatable bonds is 5. The maximum Gasteiger partial charge on any atom is 0.243 e. The molecule has 25 heavy (non-hydrogen) atoms. The van der Waals surface area contributed by atoms with Crippen LogP contribution in [0.25, 0.3) is 5.69 Å². The number of hydrogen-bond acceptors (Lipinski definition) is 4. The van der Waals surface area contributed by atoms with Gasteiger partial charge in [-0.3, -0.25) is 4.79 Å². The molecule has 3 N–H and O–H groups in total. The minimum Gasteiger partial charge on any atom is -0.354 e. The fraction of sp³-hybridized carbons (Fsp3) is 0.278. The summed E-state index contributed by atoms with van der Waals surface area (Å²) in [4.78, 5) is 19.8. The molecule has 1 aliphatic rings. The van der Waals surface area contributed by atoms with Crippen LogP contribution < -0.4 is 10.6 Å². The first-order valence-corrected chi connectivity index (χ1v) is 8.43. The Hall–Kier alpha value is -2.93. The summed E-state index contributed by atoms with van der Waals surface area (Å²) in [6, 6.07) is 9.59. The van der Waals surface area contributed by atoms with Crippen molar-refractivity contribution in [3.05, 3.63) is 66.0 Å². The number of para-hydroxylation sites is 1. The van der Waals surface area contributed by atoms with E-state index in [1.165, 1.54) is 0 Å². The monoisotopic (exact) mass is 336 g/mol. The molecule has 4 rings (SSSR count). The molecule has 128 valence electrons. The van der Waals surface area contributed by atoms with Gasteiger partial charge >= 0.3 is 0 Å². The Labute approximate surface area is 145 Å². The number of nitrogens with zero attached hydrogens (tertiary/aromatic N) is 3. The maximum absolute atomic E-state index is 12.4. The third kappa shape index (κ3) is 3.32. The Morgan fingerprint density at radius 2 is 2.20 bits per heavy atom. The summed E-state index contributed by atoms with van der Waals surface area (Å²) in [7, 11) is 0. The van der Waals surface area contributed by atoms with Crippen molar-refractivity contribution in [2.45, 2.75) is 18.9 Å². The van der Waals surface area contributed by atoms with E-state index in [0.29, 0.717) is 6.54 Å². The standard InChI is InChI=1S/C18H20N6O/c25-18(17-16-15(7-9-19-17)21-12-22-16)20-8-6-13-10-23-24(11-13)14-4-2-1-3-5-14/h1-5,10-12,17,19H,6-9H2,(H,20,25)(H,21,22)/t17-/m1/s1. The fourth-order valence-corrected chi connectivity index (χ4v) is 3.08. The second-order valence-electron chi connectivity index (χ2n) is 6.07. The van der Waals surface area contributed by atoms with Gasteiger partial charge in [0.2, 0.25) is 5.91 Å². The fourth-order valence-electron chi connectivity index (χ4n) is 3.08. The molecule has 3 heterocycles. The van der Waals surface area contributed by atoms with Crippen LogP contribution in [-0.2, 0) is 17.6 Å². The number of aromatic nitrogens is 4. The number of benzene rings is 1. The third-order valence-electron chi connectivity index (χ3n) is 4.38. The van der Waals surface area contributed by atoms with Crippen LogP contribution in [0.15, 0.2) is 49.1 Å². The summed E-state index contributed by atoms with van der Waals surface area (Å²) in [5.74, 6) is -0.0384. The van der Waals surface area contributed by atoms with Crippen molar-refractivity contribution in [2.75, 3.05) is 13.1 Å². The van der Waals surface area contributed by atoms with E-state index in [2.05, 4.69) is 25.7 Å². The lowest BCUT2D eigenvalue weighted by atomic mass is 10.0. The van der Waals surface area contributed by atoms with Crippen LogP contribution in [0, 0.1) is 0 Å². The number of amides is 1. The Morgan fingerprint density at radius 1 is 1.32 bits per heavy atom.